The minimum absolute atomic E-state index is 0.118. The highest BCUT2D eigenvalue weighted by molar-refractivity contribution is 5.65. The molecule has 0 aliphatic rings. The molecule has 2 atom stereocenters. The number of hydrogen-bond donors (Lipinski definition) is 1. The number of benzene rings is 2. The van der Waals surface area contributed by atoms with Crippen molar-refractivity contribution in [3.8, 4) is 34.5 Å². The molecule has 0 bridgehead atoms. The maximum absolute atomic E-state index is 11.6. The third kappa shape index (κ3) is 7.08. The first-order chi connectivity index (χ1) is 16.8. The van der Waals surface area contributed by atoms with Gasteiger partial charge in [0.1, 0.15) is 0 Å². The summed E-state index contributed by atoms with van der Waals surface area (Å²) in [5, 5.41) is 10.3. The minimum Gasteiger partial charge on any atom is -0.493 e. The molecule has 2 aromatic rings. The SMILES string of the molecule is COc1cc(CC(CO)C(COC(C)=O)Cc2cc(OC)c(OC)c(OC)c2)cc(OC)c1OC. The van der Waals surface area contributed by atoms with Crippen molar-refractivity contribution in [1.29, 1.82) is 0 Å². The summed E-state index contributed by atoms with van der Waals surface area (Å²) in [6.45, 7) is 1.39. The molecular formula is C26H36O9. The summed E-state index contributed by atoms with van der Waals surface area (Å²) >= 11 is 0. The molecule has 1 N–H and O–H groups in total. The second kappa shape index (κ2) is 13.5. The van der Waals surface area contributed by atoms with E-state index in [-0.39, 0.29) is 31.0 Å². The van der Waals surface area contributed by atoms with Crippen LogP contribution in [0.1, 0.15) is 18.1 Å². The van der Waals surface area contributed by atoms with Crippen LogP contribution < -0.4 is 28.4 Å². The van der Waals surface area contributed by atoms with Gasteiger partial charge in [-0.25, -0.2) is 0 Å². The highest BCUT2D eigenvalue weighted by Gasteiger charge is 2.26. The Hall–Kier alpha value is -3.33. The number of rotatable bonds is 14. The smallest absolute Gasteiger partial charge is 0.302 e. The lowest BCUT2D eigenvalue weighted by Gasteiger charge is -2.26. The predicted octanol–water partition coefficient (Wildman–Crippen LogP) is 3.31. The van der Waals surface area contributed by atoms with E-state index in [0.29, 0.717) is 47.3 Å². The van der Waals surface area contributed by atoms with Crippen molar-refractivity contribution in [2.45, 2.75) is 19.8 Å². The Morgan fingerprint density at radius 1 is 0.686 bits per heavy atom. The predicted molar refractivity (Wildman–Crippen MR) is 130 cm³/mol. The van der Waals surface area contributed by atoms with E-state index in [9.17, 15) is 9.90 Å². The summed E-state index contributed by atoms with van der Waals surface area (Å²) in [5.41, 5.74) is 1.77. The number of ether oxygens (including phenoxy) is 7. The van der Waals surface area contributed by atoms with Crippen molar-refractivity contribution in [1.82, 2.24) is 0 Å². The lowest BCUT2D eigenvalue weighted by molar-refractivity contribution is -0.143. The molecule has 0 aliphatic heterocycles. The molecule has 9 nitrogen and oxygen atoms in total. The highest BCUT2D eigenvalue weighted by Crippen LogP contribution is 2.41. The van der Waals surface area contributed by atoms with Crippen molar-refractivity contribution >= 4 is 5.97 Å². The Kier molecular flexibility index (Phi) is 10.8. The van der Waals surface area contributed by atoms with E-state index in [2.05, 4.69) is 0 Å². The zero-order chi connectivity index (χ0) is 26.0. The second-order valence-electron chi connectivity index (χ2n) is 7.98. The Morgan fingerprint density at radius 2 is 1.06 bits per heavy atom. The lowest BCUT2D eigenvalue weighted by Crippen LogP contribution is -2.28. The highest BCUT2D eigenvalue weighted by atomic mass is 16.5. The van der Waals surface area contributed by atoms with Crippen molar-refractivity contribution < 1.29 is 43.1 Å². The third-order valence-electron chi connectivity index (χ3n) is 5.85. The van der Waals surface area contributed by atoms with Gasteiger partial charge in [-0.3, -0.25) is 4.79 Å². The first-order valence-corrected chi connectivity index (χ1v) is 11.2. The molecule has 0 aliphatic carbocycles. The number of carbonyl (C=O) groups is 1. The zero-order valence-corrected chi connectivity index (χ0v) is 21.5. The van der Waals surface area contributed by atoms with Gasteiger partial charge in [-0.2, -0.15) is 0 Å². The molecule has 194 valence electrons. The van der Waals surface area contributed by atoms with Gasteiger partial charge < -0.3 is 38.3 Å². The normalized spacial score (nSPS) is 12.3. The van der Waals surface area contributed by atoms with Crippen LogP contribution in [0.2, 0.25) is 0 Å². The molecule has 0 radical (unpaired) electrons. The molecule has 0 aromatic heterocycles. The van der Waals surface area contributed by atoms with E-state index in [4.69, 9.17) is 33.2 Å². The van der Waals surface area contributed by atoms with Gasteiger partial charge in [-0.15, -0.1) is 0 Å². The average Bonchev–Trinajstić information content (AvgIpc) is 2.87. The first-order valence-electron chi connectivity index (χ1n) is 11.2. The summed E-state index contributed by atoms with van der Waals surface area (Å²) in [6.07, 6.45) is 0.989. The van der Waals surface area contributed by atoms with Gasteiger partial charge >= 0.3 is 5.97 Å². The number of aliphatic hydroxyl groups is 1. The molecule has 9 heteroatoms. The largest absolute Gasteiger partial charge is 0.493 e. The number of carbonyl (C=O) groups excluding carboxylic acids is 1. The Balaban J connectivity index is 2.42. The van der Waals surface area contributed by atoms with E-state index < -0.39 is 0 Å². The van der Waals surface area contributed by atoms with Crippen LogP contribution in [0.5, 0.6) is 34.5 Å². The standard InChI is InChI=1S/C26H36O9/c1-16(28)35-15-20(9-18-12-23(31-4)26(34-7)24(13-18)32-5)19(14-27)8-17-10-21(29-2)25(33-6)22(11-17)30-3/h10-13,19-20,27H,8-9,14-15H2,1-7H3. The maximum atomic E-state index is 11.6. The fourth-order valence-corrected chi connectivity index (χ4v) is 4.08. The van der Waals surface area contributed by atoms with Crippen LogP contribution in [0, 0.1) is 11.8 Å². The monoisotopic (exact) mass is 492 g/mol. The van der Waals surface area contributed by atoms with Crippen molar-refractivity contribution in [3.05, 3.63) is 35.4 Å². The number of esters is 1. The minimum atomic E-state index is -0.385. The Labute approximate surface area is 206 Å². The molecule has 0 saturated carbocycles. The molecule has 0 fully saturated rings. The number of aliphatic hydroxyl groups excluding tert-OH is 1. The van der Waals surface area contributed by atoms with E-state index >= 15 is 0 Å². The molecule has 0 amide bonds. The van der Waals surface area contributed by atoms with Crippen molar-refractivity contribution in [2.24, 2.45) is 11.8 Å². The fraction of sp³-hybridized carbons (Fsp3) is 0.500. The van der Waals surface area contributed by atoms with Gasteiger partial charge in [-0.1, -0.05) is 0 Å². The van der Waals surface area contributed by atoms with Crippen LogP contribution in [0.3, 0.4) is 0 Å². The molecule has 0 spiro atoms. The van der Waals surface area contributed by atoms with Gasteiger partial charge in [0.15, 0.2) is 23.0 Å². The van der Waals surface area contributed by atoms with E-state index in [1.54, 1.807) is 42.7 Å². The van der Waals surface area contributed by atoms with Crippen molar-refractivity contribution in [3.63, 3.8) is 0 Å². The van der Waals surface area contributed by atoms with Crippen LogP contribution in [0.25, 0.3) is 0 Å². The number of methoxy groups -OCH3 is 6. The first kappa shape index (κ1) is 27.9. The Morgan fingerprint density at radius 3 is 1.34 bits per heavy atom. The van der Waals surface area contributed by atoms with Crippen LogP contribution in [0.4, 0.5) is 0 Å². The number of hydrogen-bond acceptors (Lipinski definition) is 9. The topological polar surface area (TPSA) is 102 Å². The second-order valence-corrected chi connectivity index (χ2v) is 7.98. The van der Waals surface area contributed by atoms with Gasteiger partial charge in [0.2, 0.25) is 11.5 Å². The third-order valence-corrected chi connectivity index (χ3v) is 5.85. The summed E-state index contributed by atoms with van der Waals surface area (Å²) in [4.78, 5) is 11.6. The van der Waals surface area contributed by atoms with Gasteiger partial charge in [0, 0.05) is 19.4 Å². The van der Waals surface area contributed by atoms with Crippen LogP contribution in [-0.2, 0) is 22.4 Å². The lowest BCUT2D eigenvalue weighted by atomic mass is 9.83. The maximum Gasteiger partial charge on any atom is 0.302 e. The van der Waals surface area contributed by atoms with Gasteiger partial charge in [-0.05, 0) is 54.2 Å². The summed E-state index contributed by atoms with van der Waals surface area (Å²) in [7, 11) is 9.31. The fourth-order valence-electron chi connectivity index (χ4n) is 4.08. The van der Waals surface area contributed by atoms with Crippen LogP contribution in [0.15, 0.2) is 24.3 Å². The van der Waals surface area contributed by atoms with Crippen LogP contribution in [-0.4, -0.2) is 66.9 Å². The summed E-state index contributed by atoms with van der Waals surface area (Å²) < 4.78 is 38.1. The molecule has 0 heterocycles. The van der Waals surface area contributed by atoms with Crippen LogP contribution >= 0.6 is 0 Å². The molecule has 0 saturated heterocycles. The quantitative estimate of drug-likeness (QED) is 0.398. The Bertz CT molecular complexity index is 923. The summed E-state index contributed by atoms with van der Waals surface area (Å²) in [6, 6.07) is 7.42. The average molecular weight is 493 g/mol. The molecule has 35 heavy (non-hydrogen) atoms. The molecular weight excluding hydrogens is 456 g/mol. The zero-order valence-electron chi connectivity index (χ0n) is 21.5. The van der Waals surface area contributed by atoms with E-state index in [1.165, 1.54) is 6.92 Å². The molecule has 2 unspecified atom stereocenters. The molecule has 2 rings (SSSR count). The summed E-state index contributed by atoms with van der Waals surface area (Å²) in [5.74, 6) is 2.27. The van der Waals surface area contributed by atoms with Gasteiger partial charge in [0.05, 0.1) is 49.3 Å². The van der Waals surface area contributed by atoms with E-state index in [0.717, 1.165) is 11.1 Å². The van der Waals surface area contributed by atoms with Gasteiger partial charge in [0.25, 0.3) is 0 Å². The van der Waals surface area contributed by atoms with Crippen molar-refractivity contribution in [2.75, 3.05) is 55.9 Å². The molecule has 2 aromatic carbocycles. The van der Waals surface area contributed by atoms with E-state index in [1.807, 2.05) is 24.3 Å².